The summed E-state index contributed by atoms with van der Waals surface area (Å²) >= 11 is 0. The van der Waals surface area contributed by atoms with E-state index < -0.39 is 10.0 Å². The molecule has 0 aliphatic rings. The first kappa shape index (κ1) is 14.2. The SMILES string of the molecule is COCCCN(C)S(=O)(=O)Cc1ccccc1. The van der Waals surface area contributed by atoms with E-state index in [4.69, 9.17) is 4.74 Å². The second-order valence-corrected chi connectivity index (χ2v) is 5.99. The number of hydrogen-bond acceptors (Lipinski definition) is 3. The lowest BCUT2D eigenvalue weighted by atomic mass is 10.2. The Bertz CT molecular complexity index is 417. The Morgan fingerprint density at radius 3 is 2.47 bits per heavy atom. The number of rotatable bonds is 7. The molecule has 0 N–H and O–H groups in total. The number of ether oxygens (including phenoxy) is 1. The van der Waals surface area contributed by atoms with Gasteiger partial charge in [0.1, 0.15) is 0 Å². The average Bonchev–Trinajstić information content (AvgIpc) is 2.30. The second-order valence-electron chi connectivity index (χ2n) is 3.91. The summed E-state index contributed by atoms with van der Waals surface area (Å²) in [5.41, 5.74) is 0.811. The molecule has 1 rings (SSSR count). The van der Waals surface area contributed by atoms with E-state index in [2.05, 4.69) is 0 Å². The summed E-state index contributed by atoms with van der Waals surface area (Å²) in [7, 11) is -0.00134. The summed E-state index contributed by atoms with van der Waals surface area (Å²) in [5.74, 6) is 0.0529. The quantitative estimate of drug-likeness (QED) is 0.695. The van der Waals surface area contributed by atoms with Crippen LogP contribution in [-0.2, 0) is 20.5 Å². The molecule has 0 amide bonds. The van der Waals surface area contributed by atoms with Crippen LogP contribution in [0.2, 0.25) is 0 Å². The van der Waals surface area contributed by atoms with Gasteiger partial charge in [-0.1, -0.05) is 30.3 Å². The third-order valence-electron chi connectivity index (χ3n) is 2.49. The number of sulfonamides is 1. The smallest absolute Gasteiger partial charge is 0.218 e. The fraction of sp³-hybridized carbons (Fsp3) is 0.500. The summed E-state index contributed by atoms with van der Waals surface area (Å²) in [6.45, 7) is 1.06. The van der Waals surface area contributed by atoms with Crippen molar-refractivity contribution in [3.8, 4) is 0 Å². The fourth-order valence-corrected chi connectivity index (χ4v) is 2.71. The Kier molecular flexibility index (Phi) is 5.61. The number of benzene rings is 1. The van der Waals surface area contributed by atoms with Crippen molar-refractivity contribution >= 4 is 10.0 Å². The van der Waals surface area contributed by atoms with Crippen molar-refractivity contribution in [3.05, 3.63) is 35.9 Å². The minimum Gasteiger partial charge on any atom is -0.385 e. The zero-order valence-electron chi connectivity index (χ0n) is 10.3. The number of nitrogens with zero attached hydrogens (tertiary/aromatic N) is 1. The molecule has 0 radical (unpaired) electrons. The van der Waals surface area contributed by atoms with Crippen LogP contribution in [0.3, 0.4) is 0 Å². The normalized spacial score (nSPS) is 11.9. The third kappa shape index (κ3) is 4.85. The Morgan fingerprint density at radius 1 is 1.24 bits per heavy atom. The molecule has 0 aromatic heterocycles. The molecule has 0 saturated heterocycles. The Balaban J connectivity index is 2.56. The molecule has 0 unspecified atom stereocenters. The van der Waals surface area contributed by atoms with Gasteiger partial charge in [-0.25, -0.2) is 12.7 Å². The molecule has 0 atom stereocenters. The first-order chi connectivity index (χ1) is 8.06. The topological polar surface area (TPSA) is 46.6 Å². The standard InChI is InChI=1S/C12H19NO3S/c1-13(9-6-10-16-2)17(14,15)11-12-7-4-3-5-8-12/h3-5,7-8H,6,9-11H2,1-2H3. The molecule has 0 aliphatic carbocycles. The molecule has 0 saturated carbocycles. The number of hydrogen-bond donors (Lipinski definition) is 0. The minimum absolute atomic E-state index is 0.0529. The van der Waals surface area contributed by atoms with Crippen LogP contribution in [0.1, 0.15) is 12.0 Å². The Labute approximate surface area is 103 Å². The second kappa shape index (κ2) is 6.74. The van der Waals surface area contributed by atoms with Crippen LogP contribution in [0, 0.1) is 0 Å². The maximum Gasteiger partial charge on any atom is 0.218 e. The summed E-state index contributed by atoms with van der Waals surface area (Å²) in [5, 5.41) is 0. The van der Waals surface area contributed by atoms with Gasteiger partial charge in [0.05, 0.1) is 5.75 Å². The molecule has 0 aliphatic heterocycles. The lowest BCUT2D eigenvalue weighted by molar-refractivity contribution is 0.189. The largest absolute Gasteiger partial charge is 0.385 e. The van der Waals surface area contributed by atoms with Gasteiger partial charge in [-0.15, -0.1) is 0 Å². The molecule has 96 valence electrons. The highest BCUT2D eigenvalue weighted by Crippen LogP contribution is 2.09. The van der Waals surface area contributed by atoms with Gasteiger partial charge in [0, 0.05) is 27.3 Å². The third-order valence-corrected chi connectivity index (χ3v) is 4.32. The predicted octanol–water partition coefficient (Wildman–Crippen LogP) is 1.48. The highest BCUT2D eigenvalue weighted by molar-refractivity contribution is 7.88. The average molecular weight is 257 g/mol. The van der Waals surface area contributed by atoms with Crippen molar-refractivity contribution < 1.29 is 13.2 Å². The van der Waals surface area contributed by atoms with Crippen LogP contribution in [-0.4, -0.2) is 40.0 Å². The van der Waals surface area contributed by atoms with Gasteiger partial charge in [-0.2, -0.15) is 0 Å². The zero-order valence-corrected chi connectivity index (χ0v) is 11.1. The van der Waals surface area contributed by atoms with Crippen LogP contribution in [0.15, 0.2) is 30.3 Å². The molecule has 5 heteroatoms. The Hall–Kier alpha value is -0.910. The monoisotopic (exact) mass is 257 g/mol. The minimum atomic E-state index is -3.22. The maximum atomic E-state index is 12.0. The molecule has 0 bridgehead atoms. The number of methoxy groups -OCH3 is 1. The summed E-state index contributed by atoms with van der Waals surface area (Å²) < 4.78 is 30.2. The molecule has 0 fully saturated rings. The van der Waals surface area contributed by atoms with Gasteiger partial charge in [0.15, 0.2) is 0 Å². The van der Waals surface area contributed by atoms with E-state index in [9.17, 15) is 8.42 Å². The van der Waals surface area contributed by atoms with Crippen LogP contribution in [0.25, 0.3) is 0 Å². The van der Waals surface area contributed by atoms with Gasteiger partial charge in [0.2, 0.25) is 10.0 Å². The van der Waals surface area contributed by atoms with E-state index in [0.717, 1.165) is 5.56 Å². The Morgan fingerprint density at radius 2 is 1.88 bits per heavy atom. The lowest BCUT2D eigenvalue weighted by Crippen LogP contribution is -2.29. The molecule has 1 aromatic carbocycles. The van der Waals surface area contributed by atoms with Crippen LogP contribution < -0.4 is 0 Å². The van der Waals surface area contributed by atoms with E-state index in [1.54, 1.807) is 14.2 Å². The molecular weight excluding hydrogens is 238 g/mol. The van der Waals surface area contributed by atoms with Crippen molar-refractivity contribution in [2.24, 2.45) is 0 Å². The molecule has 1 aromatic rings. The predicted molar refractivity (Wildman–Crippen MR) is 68.2 cm³/mol. The summed E-state index contributed by atoms with van der Waals surface area (Å²) in [6, 6.07) is 9.20. The van der Waals surface area contributed by atoms with E-state index in [0.29, 0.717) is 19.6 Å². The lowest BCUT2D eigenvalue weighted by Gasteiger charge is -2.16. The molecule has 0 heterocycles. The molecule has 17 heavy (non-hydrogen) atoms. The van der Waals surface area contributed by atoms with Crippen molar-refractivity contribution in [1.82, 2.24) is 4.31 Å². The van der Waals surface area contributed by atoms with Crippen LogP contribution in [0.5, 0.6) is 0 Å². The molecule has 0 spiro atoms. The van der Waals surface area contributed by atoms with E-state index in [1.807, 2.05) is 30.3 Å². The van der Waals surface area contributed by atoms with Gasteiger partial charge in [0.25, 0.3) is 0 Å². The van der Waals surface area contributed by atoms with E-state index in [-0.39, 0.29) is 5.75 Å². The van der Waals surface area contributed by atoms with Crippen LogP contribution in [0.4, 0.5) is 0 Å². The summed E-state index contributed by atoms with van der Waals surface area (Å²) in [6.07, 6.45) is 0.709. The van der Waals surface area contributed by atoms with Gasteiger partial charge in [-0.3, -0.25) is 0 Å². The maximum absolute atomic E-state index is 12.0. The first-order valence-electron chi connectivity index (χ1n) is 5.53. The van der Waals surface area contributed by atoms with Crippen molar-refractivity contribution in [3.63, 3.8) is 0 Å². The van der Waals surface area contributed by atoms with Gasteiger partial charge in [-0.05, 0) is 12.0 Å². The fourth-order valence-electron chi connectivity index (χ4n) is 1.47. The zero-order chi connectivity index (χ0) is 12.7. The van der Waals surface area contributed by atoms with Crippen molar-refractivity contribution in [1.29, 1.82) is 0 Å². The van der Waals surface area contributed by atoms with Crippen molar-refractivity contribution in [2.45, 2.75) is 12.2 Å². The first-order valence-corrected chi connectivity index (χ1v) is 7.14. The van der Waals surface area contributed by atoms with Gasteiger partial charge < -0.3 is 4.74 Å². The highest BCUT2D eigenvalue weighted by atomic mass is 32.2. The molecular formula is C12H19NO3S. The highest BCUT2D eigenvalue weighted by Gasteiger charge is 2.17. The van der Waals surface area contributed by atoms with Crippen LogP contribution >= 0.6 is 0 Å². The van der Waals surface area contributed by atoms with Crippen molar-refractivity contribution in [2.75, 3.05) is 27.3 Å². The van der Waals surface area contributed by atoms with Gasteiger partial charge >= 0.3 is 0 Å². The van der Waals surface area contributed by atoms with E-state index in [1.165, 1.54) is 4.31 Å². The van der Waals surface area contributed by atoms with E-state index >= 15 is 0 Å². The summed E-state index contributed by atoms with van der Waals surface area (Å²) in [4.78, 5) is 0. The molecule has 4 nitrogen and oxygen atoms in total.